The predicted molar refractivity (Wildman–Crippen MR) is 127 cm³/mol. The van der Waals surface area contributed by atoms with Crippen molar-refractivity contribution < 1.29 is 17.9 Å². The first kappa shape index (κ1) is 22.5. The van der Waals surface area contributed by atoms with Crippen molar-refractivity contribution in [2.24, 2.45) is 0 Å². The van der Waals surface area contributed by atoms with Crippen molar-refractivity contribution in [1.82, 2.24) is 4.31 Å². The number of aryl methyl sites for hydroxylation is 1. The zero-order chi connectivity index (χ0) is 22.7. The van der Waals surface area contributed by atoms with Gasteiger partial charge >= 0.3 is 0 Å². The summed E-state index contributed by atoms with van der Waals surface area (Å²) >= 11 is 1.53. The lowest BCUT2D eigenvalue weighted by molar-refractivity contribution is -0.116. The standard InChI is InChI=1S/C24H26N2O4S2/c1-18(27)26-13-5-8-19-15-22(11-12-23(19)26)32(28,29)25(17-21-9-6-14-31-21)16-20-7-3-4-10-24(20)30-2/h3-4,6-7,9-12,14-15H,5,8,13,16-17H2,1-2H3. The Morgan fingerprint density at radius 1 is 1.12 bits per heavy atom. The van der Waals surface area contributed by atoms with E-state index in [0.29, 0.717) is 12.3 Å². The van der Waals surface area contributed by atoms with Gasteiger partial charge in [-0.25, -0.2) is 8.42 Å². The number of amides is 1. The summed E-state index contributed by atoms with van der Waals surface area (Å²) in [4.78, 5) is 14.9. The molecule has 0 fully saturated rings. The molecular weight excluding hydrogens is 444 g/mol. The third-order valence-corrected chi connectivity index (χ3v) is 8.29. The zero-order valence-electron chi connectivity index (χ0n) is 18.2. The van der Waals surface area contributed by atoms with Crippen LogP contribution in [-0.2, 0) is 34.3 Å². The number of anilines is 1. The summed E-state index contributed by atoms with van der Waals surface area (Å²) in [5.74, 6) is 0.624. The molecule has 0 unspecified atom stereocenters. The number of sulfonamides is 1. The Labute approximate surface area is 193 Å². The summed E-state index contributed by atoms with van der Waals surface area (Å²) in [5.41, 5.74) is 2.49. The van der Waals surface area contributed by atoms with Crippen LogP contribution in [0, 0.1) is 0 Å². The van der Waals surface area contributed by atoms with Crippen molar-refractivity contribution in [2.75, 3.05) is 18.6 Å². The minimum atomic E-state index is -3.79. The lowest BCUT2D eigenvalue weighted by Gasteiger charge is -2.29. The molecule has 0 saturated carbocycles. The summed E-state index contributed by atoms with van der Waals surface area (Å²) in [6.07, 6.45) is 1.57. The number of hydrogen-bond donors (Lipinski definition) is 0. The van der Waals surface area contributed by atoms with Gasteiger partial charge in [-0.3, -0.25) is 4.79 Å². The Kier molecular flexibility index (Phi) is 6.64. The van der Waals surface area contributed by atoms with Gasteiger partial charge in [0.2, 0.25) is 15.9 Å². The van der Waals surface area contributed by atoms with Gasteiger partial charge in [-0.15, -0.1) is 11.3 Å². The molecule has 0 atom stereocenters. The number of thiophene rings is 1. The first-order valence-electron chi connectivity index (χ1n) is 10.5. The number of ether oxygens (including phenoxy) is 1. The maximum Gasteiger partial charge on any atom is 0.243 e. The van der Waals surface area contributed by atoms with Crippen molar-refractivity contribution in [3.05, 3.63) is 76.0 Å². The average Bonchev–Trinajstić information content (AvgIpc) is 3.31. The maximum atomic E-state index is 13.8. The van der Waals surface area contributed by atoms with E-state index in [2.05, 4.69) is 0 Å². The molecule has 2 aromatic carbocycles. The van der Waals surface area contributed by atoms with E-state index in [1.54, 1.807) is 30.2 Å². The highest BCUT2D eigenvalue weighted by Crippen LogP contribution is 2.32. The Bertz CT molecular complexity index is 1210. The molecule has 0 bridgehead atoms. The van der Waals surface area contributed by atoms with Crippen LogP contribution in [0.3, 0.4) is 0 Å². The molecule has 1 aliphatic heterocycles. The Hall–Kier alpha value is -2.68. The van der Waals surface area contributed by atoms with Crippen molar-refractivity contribution in [3.63, 3.8) is 0 Å². The maximum absolute atomic E-state index is 13.8. The molecule has 1 amide bonds. The van der Waals surface area contributed by atoms with Crippen molar-refractivity contribution >= 4 is 33.0 Å². The highest BCUT2D eigenvalue weighted by Gasteiger charge is 2.29. The number of carbonyl (C=O) groups excluding carboxylic acids is 1. The number of para-hydroxylation sites is 1. The van der Waals surface area contributed by atoms with Crippen LogP contribution < -0.4 is 9.64 Å². The lowest BCUT2D eigenvalue weighted by Crippen LogP contribution is -2.34. The van der Waals surface area contributed by atoms with Gasteiger partial charge in [0.25, 0.3) is 0 Å². The second-order valence-corrected chi connectivity index (χ2v) is 10.7. The third-order valence-electron chi connectivity index (χ3n) is 5.64. The molecular formula is C24H26N2O4S2. The molecule has 0 spiro atoms. The molecule has 1 aliphatic rings. The van der Waals surface area contributed by atoms with E-state index in [1.165, 1.54) is 22.6 Å². The molecule has 4 rings (SSSR count). The highest BCUT2D eigenvalue weighted by molar-refractivity contribution is 7.89. The van der Waals surface area contributed by atoms with Crippen LogP contribution >= 0.6 is 11.3 Å². The van der Waals surface area contributed by atoms with Crippen LogP contribution in [0.4, 0.5) is 5.69 Å². The Morgan fingerprint density at radius 2 is 1.94 bits per heavy atom. The Balaban J connectivity index is 1.72. The molecule has 168 valence electrons. The molecule has 2 heterocycles. The minimum absolute atomic E-state index is 0.0305. The number of fused-ring (bicyclic) bond motifs is 1. The first-order valence-corrected chi connectivity index (χ1v) is 12.8. The van der Waals surface area contributed by atoms with Gasteiger partial charge in [0.1, 0.15) is 5.75 Å². The van der Waals surface area contributed by atoms with E-state index in [0.717, 1.165) is 34.5 Å². The summed E-state index contributed by atoms with van der Waals surface area (Å²) in [6, 6.07) is 16.4. The lowest BCUT2D eigenvalue weighted by atomic mass is 10.0. The van der Waals surface area contributed by atoms with Crippen LogP contribution in [0.2, 0.25) is 0 Å². The number of hydrogen-bond acceptors (Lipinski definition) is 5. The number of carbonyl (C=O) groups is 1. The fourth-order valence-electron chi connectivity index (χ4n) is 4.04. The quantitative estimate of drug-likeness (QED) is 0.512. The van der Waals surface area contributed by atoms with Crippen LogP contribution in [-0.4, -0.2) is 32.3 Å². The summed E-state index contributed by atoms with van der Waals surface area (Å²) in [5, 5.41) is 1.94. The molecule has 0 saturated heterocycles. The van der Waals surface area contributed by atoms with E-state index in [9.17, 15) is 13.2 Å². The third kappa shape index (κ3) is 4.57. The van der Waals surface area contributed by atoms with Crippen molar-refractivity contribution in [1.29, 1.82) is 0 Å². The topological polar surface area (TPSA) is 66.9 Å². The normalized spacial score (nSPS) is 13.8. The molecule has 32 heavy (non-hydrogen) atoms. The minimum Gasteiger partial charge on any atom is -0.496 e. The van der Waals surface area contributed by atoms with E-state index >= 15 is 0 Å². The molecule has 0 radical (unpaired) electrons. The van der Waals surface area contributed by atoms with E-state index in [-0.39, 0.29) is 23.9 Å². The molecule has 6 nitrogen and oxygen atoms in total. The SMILES string of the molecule is COc1ccccc1CN(Cc1cccs1)S(=O)(=O)c1ccc2c(c1)CCCN2C(C)=O. The number of rotatable bonds is 7. The van der Waals surface area contributed by atoms with Gasteiger partial charge in [0.15, 0.2) is 0 Å². The zero-order valence-corrected chi connectivity index (χ0v) is 19.8. The smallest absolute Gasteiger partial charge is 0.243 e. The average molecular weight is 471 g/mol. The van der Waals surface area contributed by atoms with Gasteiger partial charge in [0.05, 0.1) is 12.0 Å². The summed E-state index contributed by atoms with van der Waals surface area (Å²) in [7, 11) is -2.21. The number of nitrogens with zero attached hydrogens (tertiary/aromatic N) is 2. The van der Waals surface area contributed by atoms with Gasteiger partial charge in [-0.05, 0) is 54.1 Å². The largest absolute Gasteiger partial charge is 0.496 e. The number of methoxy groups -OCH3 is 1. The van der Waals surface area contributed by atoms with E-state index < -0.39 is 10.0 Å². The van der Waals surface area contributed by atoms with Crippen LogP contribution in [0.25, 0.3) is 0 Å². The van der Waals surface area contributed by atoms with Gasteiger partial charge in [-0.2, -0.15) is 4.31 Å². The van der Waals surface area contributed by atoms with Gasteiger partial charge in [-0.1, -0.05) is 24.3 Å². The number of benzene rings is 2. The van der Waals surface area contributed by atoms with E-state index in [1.807, 2.05) is 41.8 Å². The van der Waals surface area contributed by atoms with Gasteiger partial charge in [0, 0.05) is 42.7 Å². The fourth-order valence-corrected chi connectivity index (χ4v) is 6.28. The predicted octanol–water partition coefficient (Wildman–Crippen LogP) is 4.45. The molecule has 1 aromatic heterocycles. The van der Waals surface area contributed by atoms with Crippen LogP contribution in [0.1, 0.15) is 29.3 Å². The van der Waals surface area contributed by atoms with Crippen molar-refractivity contribution in [2.45, 2.75) is 37.8 Å². The Morgan fingerprint density at radius 3 is 2.66 bits per heavy atom. The molecule has 3 aromatic rings. The second-order valence-electron chi connectivity index (χ2n) is 7.73. The fraction of sp³-hybridized carbons (Fsp3) is 0.292. The summed E-state index contributed by atoms with van der Waals surface area (Å²) in [6.45, 7) is 2.66. The molecule has 0 aliphatic carbocycles. The second kappa shape index (κ2) is 9.44. The molecule has 0 N–H and O–H groups in total. The van der Waals surface area contributed by atoms with E-state index in [4.69, 9.17) is 4.74 Å². The molecule has 8 heteroatoms. The van der Waals surface area contributed by atoms with Gasteiger partial charge < -0.3 is 9.64 Å². The summed E-state index contributed by atoms with van der Waals surface area (Å²) < 4.78 is 34.5. The van der Waals surface area contributed by atoms with Crippen LogP contribution in [0.5, 0.6) is 5.75 Å². The van der Waals surface area contributed by atoms with Crippen molar-refractivity contribution in [3.8, 4) is 5.75 Å². The monoisotopic (exact) mass is 470 g/mol. The highest BCUT2D eigenvalue weighted by atomic mass is 32.2. The first-order chi connectivity index (χ1) is 15.4. The van der Waals surface area contributed by atoms with Crippen LogP contribution in [0.15, 0.2) is 64.9 Å².